The van der Waals surface area contributed by atoms with Crippen molar-refractivity contribution in [2.45, 2.75) is 73.0 Å². The average molecular weight is 1880 g/mol. The van der Waals surface area contributed by atoms with E-state index in [2.05, 4.69) is 436 Å². The summed E-state index contributed by atoms with van der Waals surface area (Å²) in [6.07, 6.45) is 20.7. The predicted octanol–water partition coefficient (Wildman–Crippen LogP) is 33.6. The Kier molecular flexibility index (Phi) is 22.4. The van der Waals surface area contributed by atoms with E-state index in [1.165, 1.54) is 0 Å². The Hall–Kier alpha value is -16.7. The molecule has 0 spiro atoms. The van der Waals surface area contributed by atoms with Crippen molar-refractivity contribution in [1.29, 1.82) is 0 Å². The Morgan fingerprint density at radius 2 is 0.394 bits per heavy atom. The number of fused-ring (bicyclic) bond motifs is 32. The Morgan fingerprint density at radius 1 is 0.204 bits per heavy atom. The van der Waals surface area contributed by atoms with E-state index in [1.807, 2.05) is 0 Å². The smallest absolute Gasteiger partial charge is 0.120 e. The van der Waals surface area contributed by atoms with Gasteiger partial charge in [-0.1, -0.05) is 197 Å². The molecule has 0 saturated heterocycles. The summed E-state index contributed by atoms with van der Waals surface area (Å²) in [7, 11) is 4.36. The zero-order chi connectivity index (χ0) is 95.2. The fourth-order valence-corrected chi connectivity index (χ4v) is 23.3. The van der Waals surface area contributed by atoms with E-state index in [0.29, 0.717) is 26.4 Å². The molecule has 0 aliphatic carbocycles. The van der Waals surface area contributed by atoms with E-state index < -0.39 is 0 Å². The second-order valence-electron chi connectivity index (χ2n) is 36.9. The predicted molar refractivity (Wildman–Crippen MR) is 590 cm³/mol. The zero-order valence-corrected chi connectivity index (χ0v) is 81.1. The first-order valence-corrected chi connectivity index (χ1v) is 50.6. The van der Waals surface area contributed by atoms with E-state index in [4.69, 9.17) is 38.9 Å². The highest BCUT2D eigenvalue weighted by Gasteiger charge is 2.30. The lowest BCUT2D eigenvalue weighted by molar-refractivity contribution is 0.317. The molecular weight excluding hydrogens is 1780 g/mol. The molecule has 142 heavy (non-hydrogen) atoms. The summed E-state index contributed by atoms with van der Waals surface area (Å²) in [6.45, 7) is 10.7. The Morgan fingerprint density at radius 3 is 0.592 bits per heavy atom. The molecule has 0 unspecified atom stereocenters. The summed E-state index contributed by atoms with van der Waals surface area (Å²) in [6, 6.07) is 114. The highest BCUT2D eigenvalue weighted by Crippen LogP contribution is 2.55. The van der Waals surface area contributed by atoms with E-state index in [9.17, 15) is 0 Å². The van der Waals surface area contributed by atoms with Crippen LogP contribution in [0, 0.1) is 0 Å². The first-order valence-electron chi connectivity index (χ1n) is 49.0. The fourth-order valence-electron chi connectivity index (χ4n) is 20.8. The van der Waals surface area contributed by atoms with Crippen molar-refractivity contribution in [2.75, 3.05) is 50.3 Å². The van der Waals surface area contributed by atoms with Gasteiger partial charge in [-0.15, -0.1) is 0 Å². The van der Waals surface area contributed by atoms with Crippen LogP contribution in [0.3, 0.4) is 0 Å². The fraction of sp³-hybridized carbons (Fsp3) is 0.111. The lowest BCUT2D eigenvalue weighted by Gasteiger charge is -2.30. The van der Waals surface area contributed by atoms with Crippen LogP contribution in [0.5, 0.6) is 23.0 Å². The number of aromatic amines is 4. The van der Waals surface area contributed by atoms with Crippen molar-refractivity contribution in [1.82, 2.24) is 39.9 Å². The van der Waals surface area contributed by atoms with Gasteiger partial charge in [0.1, 0.15) is 23.0 Å². The number of rotatable bonds is 16. The topological polar surface area (TPSA) is 158 Å². The summed E-state index contributed by atoms with van der Waals surface area (Å²) in [5, 5.41) is 0. The van der Waals surface area contributed by atoms with Crippen LogP contribution in [0.1, 0.15) is 98.9 Å². The Labute approximate surface area is 832 Å². The molecule has 6 aromatic heterocycles. The number of nitrogens with one attached hydrogen (secondary N) is 4. The van der Waals surface area contributed by atoms with Crippen molar-refractivity contribution in [3.63, 3.8) is 0 Å². The number of ether oxygens (including phenoxy) is 4. The third-order valence-corrected chi connectivity index (χ3v) is 29.7. The van der Waals surface area contributed by atoms with Crippen molar-refractivity contribution in [2.24, 2.45) is 0 Å². The molecule has 0 fully saturated rings. The first kappa shape index (κ1) is 86.9. The summed E-state index contributed by atoms with van der Waals surface area (Å²) in [5.74, 6) is 3.01. The quantitative estimate of drug-likeness (QED) is 0.0727. The van der Waals surface area contributed by atoms with E-state index in [0.717, 1.165) is 314 Å². The van der Waals surface area contributed by atoms with Crippen LogP contribution in [-0.4, -0.2) is 80.4 Å². The molecule has 14 nitrogen and oxygen atoms in total. The maximum atomic E-state index is 6.86. The third kappa shape index (κ3) is 16.0. The molecule has 0 amide bonds. The Balaban J connectivity index is 0.747. The van der Waals surface area contributed by atoms with Gasteiger partial charge in [-0.2, -0.15) is 0 Å². The van der Waals surface area contributed by atoms with E-state index in [-0.39, 0.29) is 0 Å². The summed E-state index contributed by atoms with van der Waals surface area (Å²) in [5.41, 5.74) is 41.2. The Bertz CT molecular complexity index is 7700. The van der Waals surface area contributed by atoms with Crippen LogP contribution in [0.25, 0.3) is 226 Å². The minimum Gasteiger partial charge on any atom is -0.494 e. The molecule has 12 aromatic carbocycles. The summed E-state index contributed by atoms with van der Waals surface area (Å²) < 4.78 is 27.4. The van der Waals surface area contributed by atoms with Crippen LogP contribution in [0.15, 0.2) is 335 Å². The lowest BCUT2D eigenvalue weighted by Crippen LogP contribution is -2.14. The van der Waals surface area contributed by atoms with Crippen molar-refractivity contribution >= 4 is 139 Å². The number of nitrogens with zero attached hydrogens (tertiary/aromatic N) is 6. The van der Waals surface area contributed by atoms with Crippen molar-refractivity contribution in [3.05, 3.63) is 361 Å². The van der Waals surface area contributed by atoms with Crippen LogP contribution in [0.4, 0.5) is 22.7 Å². The number of benzene rings is 12. The van der Waals surface area contributed by atoms with Gasteiger partial charge in [0, 0.05) is 122 Å². The number of hydrogen-bond acceptors (Lipinski definition) is 12. The standard InChI is InChI=1S/C126H98N10O4S2/c1-7-55-137-91-63-83-59-87(67-91)123-103-43-35-95(127-103)119(75-23-15-11-16-24-75)97-37-45-105(129-97)124(106-46-38-98(130-106)120(76-25-17-12-18-26-76)96-36-44-104(123)128-96)89-61-85(65-93(69-89)139-57-9-3)81-33-53-113-117(73-81)142-118-74-82(34-54-114(118)136(113)6)86-62-90(70-94(66-86)140-58-10-4)126-109-49-41-101(133-109)121(77-27-19-13-20-28-77)99-39-47-107(131-99)125(108-48-40-100(132-108)122(78-29-21-14-22-30-78)102-42-50-110(126)134-102)88-60-84(64-92(68-88)138-56-8-2)80-32-52-112-116(72-80)141-115-71-79(83)31-51-111(115)135(112)5/h11-54,59-74,127,130-131,134H,7-10,55-58H2,1-6H3. The highest BCUT2D eigenvalue weighted by atomic mass is 32.2. The number of hydrogen-bond donors (Lipinski definition) is 4. The molecule has 0 radical (unpaired) electrons. The lowest BCUT2D eigenvalue weighted by atomic mass is 9.96. The molecular formula is C126H98N10O4S2. The highest BCUT2D eigenvalue weighted by molar-refractivity contribution is 8.00. The maximum Gasteiger partial charge on any atom is 0.120 e. The van der Waals surface area contributed by atoms with Gasteiger partial charge in [0.05, 0.1) is 94.7 Å². The monoisotopic (exact) mass is 1880 g/mol. The molecule has 25 rings (SSSR count). The SMILES string of the molecule is CCCOc1cc2cc(c1)-c1c3nc(c(-c4ccccc4)c4ccc([nH]4)c(c4nc(c(-c5ccccc5)c5ccc1[nH]5)C=C4)-c1cc(OCCC)cc(c1)-c1ccc4c(c1)Sc1cc(ccc1N4C)-c1cc(OCCC)cc(c1)-c1c4nc(c(-c5ccccc5)c5ccc([nH]5)c(c5nc(c(-c6ccccc6)c6ccc1[nH]6)C=C5)-c1cc(OCCC)cc(c1)-c1ccc5c(c1)Sc1cc-2ccc1N5C)C=C4)C=C3. The first-order chi connectivity index (χ1) is 69.9. The van der Waals surface area contributed by atoms with Gasteiger partial charge in [0.2, 0.25) is 0 Å². The molecule has 0 atom stereocenters. The normalized spacial score (nSPS) is 12.7. The van der Waals surface area contributed by atoms with E-state index in [1.54, 1.807) is 23.5 Å². The average Bonchev–Trinajstić information content (AvgIpc) is 1.32. The third-order valence-electron chi connectivity index (χ3n) is 27.5. The zero-order valence-electron chi connectivity index (χ0n) is 79.4. The second-order valence-corrected chi connectivity index (χ2v) is 39.1. The van der Waals surface area contributed by atoms with Crippen LogP contribution < -0.4 is 28.7 Å². The minimum atomic E-state index is 0.526. The number of H-pyrrole nitrogens is 4. The van der Waals surface area contributed by atoms with Gasteiger partial charge in [-0.05, 0) is 333 Å². The van der Waals surface area contributed by atoms with E-state index >= 15 is 0 Å². The molecule has 7 aliphatic heterocycles. The summed E-state index contributed by atoms with van der Waals surface area (Å²) in [4.78, 5) is 48.8. The molecule has 4 N–H and O–H groups in total. The van der Waals surface area contributed by atoms with Gasteiger partial charge in [0.15, 0.2) is 0 Å². The van der Waals surface area contributed by atoms with Gasteiger partial charge in [0.25, 0.3) is 0 Å². The van der Waals surface area contributed by atoms with Gasteiger partial charge < -0.3 is 48.7 Å². The number of anilines is 4. The van der Waals surface area contributed by atoms with Crippen molar-refractivity contribution in [3.8, 4) is 157 Å². The molecule has 13 heterocycles. The van der Waals surface area contributed by atoms with Gasteiger partial charge in [-0.3, -0.25) is 0 Å². The molecule has 16 heteroatoms. The van der Waals surface area contributed by atoms with Crippen LogP contribution >= 0.6 is 23.5 Å². The second kappa shape index (κ2) is 36.6. The molecule has 688 valence electrons. The molecule has 36 bridgehead atoms. The van der Waals surface area contributed by atoms with Gasteiger partial charge >= 0.3 is 0 Å². The van der Waals surface area contributed by atoms with Crippen LogP contribution in [0.2, 0.25) is 0 Å². The minimum absolute atomic E-state index is 0.526. The van der Waals surface area contributed by atoms with Crippen LogP contribution in [-0.2, 0) is 0 Å². The molecule has 18 aromatic rings. The summed E-state index contributed by atoms with van der Waals surface area (Å²) >= 11 is 3.58. The van der Waals surface area contributed by atoms with Crippen molar-refractivity contribution < 1.29 is 18.9 Å². The largest absolute Gasteiger partial charge is 0.494 e. The maximum absolute atomic E-state index is 6.86. The van der Waals surface area contributed by atoms with Gasteiger partial charge in [-0.25, -0.2) is 19.9 Å². The number of aromatic nitrogens is 8. The molecule has 7 aliphatic rings. The molecule has 0 saturated carbocycles.